The summed E-state index contributed by atoms with van der Waals surface area (Å²) in [4.78, 5) is 16.7. The van der Waals surface area contributed by atoms with E-state index in [1.807, 2.05) is 36.4 Å². The van der Waals surface area contributed by atoms with Gasteiger partial charge in [0.25, 0.3) is 5.91 Å². The first kappa shape index (κ1) is 23.3. The number of amides is 1. The van der Waals surface area contributed by atoms with Crippen molar-refractivity contribution >= 4 is 35.8 Å². The topological polar surface area (TPSA) is 78.7 Å². The summed E-state index contributed by atoms with van der Waals surface area (Å²) in [7, 11) is 1.78. The third-order valence-corrected chi connectivity index (χ3v) is 5.67. The Balaban J connectivity index is 0.00000300. The number of hydrogen-bond donors (Lipinski definition) is 3. The summed E-state index contributed by atoms with van der Waals surface area (Å²) in [5.41, 5.74) is 2.10. The number of nitrogens with zero attached hydrogens (tertiary/aromatic N) is 1. The molecule has 0 unspecified atom stereocenters. The van der Waals surface area contributed by atoms with E-state index in [2.05, 4.69) is 27.9 Å². The van der Waals surface area contributed by atoms with Crippen LogP contribution >= 0.6 is 24.0 Å². The van der Waals surface area contributed by atoms with Crippen LogP contribution in [-0.4, -0.2) is 25.5 Å². The largest absolute Gasteiger partial charge is 0.467 e. The Morgan fingerprint density at radius 3 is 2.59 bits per heavy atom. The lowest BCUT2D eigenvalue weighted by molar-refractivity contribution is 0.0948. The number of halogens is 1. The lowest BCUT2D eigenvalue weighted by Crippen LogP contribution is -2.46. The van der Waals surface area contributed by atoms with Gasteiger partial charge in [0, 0.05) is 25.7 Å². The van der Waals surface area contributed by atoms with E-state index in [-0.39, 0.29) is 29.9 Å². The zero-order chi connectivity index (χ0) is 19.8. The van der Waals surface area contributed by atoms with Gasteiger partial charge in [0.2, 0.25) is 0 Å². The standard InChI is InChI=1S/C22H30N4O2.HI/c1-3-22(10-6-11-22)16-26-21(23-2)25-14-17-7-4-8-18(13-17)20(27)24-15-19-9-5-12-28-19;/h4-5,7-9,12-13H,3,6,10-11,14-16H2,1-2H3,(H,24,27)(H2,23,25,26);1H. The lowest BCUT2D eigenvalue weighted by Gasteiger charge is -2.41. The van der Waals surface area contributed by atoms with Gasteiger partial charge in [-0.3, -0.25) is 9.79 Å². The summed E-state index contributed by atoms with van der Waals surface area (Å²) in [6, 6.07) is 11.3. The maximum Gasteiger partial charge on any atom is 0.251 e. The molecule has 1 amide bonds. The molecule has 1 aliphatic carbocycles. The predicted molar refractivity (Wildman–Crippen MR) is 127 cm³/mol. The molecule has 29 heavy (non-hydrogen) atoms. The Hall–Kier alpha value is -2.03. The molecule has 1 saturated carbocycles. The van der Waals surface area contributed by atoms with Crippen molar-refractivity contribution in [3.8, 4) is 0 Å². The SMILES string of the molecule is CCC1(CNC(=NC)NCc2cccc(C(=O)NCc3ccco3)c2)CCC1.I. The van der Waals surface area contributed by atoms with Gasteiger partial charge in [-0.05, 0) is 54.5 Å². The first-order chi connectivity index (χ1) is 13.6. The zero-order valence-corrected chi connectivity index (χ0v) is 19.5. The number of carbonyl (C=O) groups is 1. The number of benzene rings is 1. The van der Waals surface area contributed by atoms with Crippen LogP contribution in [0.15, 0.2) is 52.1 Å². The van der Waals surface area contributed by atoms with Crippen molar-refractivity contribution in [1.29, 1.82) is 0 Å². The van der Waals surface area contributed by atoms with Crippen LogP contribution in [0.3, 0.4) is 0 Å². The summed E-state index contributed by atoms with van der Waals surface area (Å²) in [5, 5.41) is 9.67. The highest BCUT2D eigenvalue weighted by molar-refractivity contribution is 14.0. The Labute approximate surface area is 190 Å². The van der Waals surface area contributed by atoms with Crippen LogP contribution in [0.25, 0.3) is 0 Å². The Morgan fingerprint density at radius 1 is 1.14 bits per heavy atom. The molecule has 1 aromatic heterocycles. The molecule has 3 N–H and O–H groups in total. The van der Waals surface area contributed by atoms with Gasteiger partial charge >= 0.3 is 0 Å². The van der Waals surface area contributed by atoms with Crippen LogP contribution in [0.5, 0.6) is 0 Å². The molecule has 158 valence electrons. The fraction of sp³-hybridized carbons (Fsp3) is 0.455. The Kier molecular flexibility index (Phi) is 9.00. The Bertz CT molecular complexity index is 795. The second kappa shape index (κ2) is 11.2. The van der Waals surface area contributed by atoms with E-state index in [1.54, 1.807) is 13.3 Å². The highest BCUT2D eigenvalue weighted by atomic mass is 127. The fourth-order valence-electron chi connectivity index (χ4n) is 3.51. The van der Waals surface area contributed by atoms with E-state index in [9.17, 15) is 4.79 Å². The van der Waals surface area contributed by atoms with E-state index in [0.29, 0.717) is 24.1 Å². The Morgan fingerprint density at radius 2 is 1.97 bits per heavy atom. The van der Waals surface area contributed by atoms with Crippen molar-refractivity contribution in [3.05, 3.63) is 59.5 Å². The van der Waals surface area contributed by atoms with Gasteiger partial charge in [-0.15, -0.1) is 24.0 Å². The van der Waals surface area contributed by atoms with Gasteiger partial charge in [-0.2, -0.15) is 0 Å². The first-order valence-corrected chi connectivity index (χ1v) is 9.98. The van der Waals surface area contributed by atoms with Crippen LogP contribution in [0.4, 0.5) is 0 Å². The van der Waals surface area contributed by atoms with Gasteiger partial charge in [0.05, 0.1) is 12.8 Å². The number of carbonyl (C=O) groups excluding carboxylic acids is 1. The lowest BCUT2D eigenvalue weighted by atomic mass is 9.67. The van der Waals surface area contributed by atoms with Crippen LogP contribution in [-0.2, 0) is 13.1 Å². The molecule has 6 nitrogen and oxygen atoms in total. The number of hydrogen-bond acceptors (Lipinski definition) is 3. The molecule has 1 heterocycles. The van der Waals surface area contributed by atoms with Crippen LogP contribution in [0.2, 0.25) is 0 Å². The molecule has 7 heteroatoms. The van der Waals surface area contributed by atoms with Gasteiger partial charge in [-0.1, -0.05) is 25.5 Å². The minimum atomic E-state index is -0.115. The maximum absolute atomic E-state index is 12.4. The van der Waals surface area contributed by atoms with Crippen molar-refractivity contribution in [2.75, 3.05) is 13.6 Å². The minimum Gasteiger partial charge on any atom is -0.467 e. The molecule has 0 aliphatic heterocycles. The second-order valence-electron chi connectivity index (χ2n) is 7.45. The maximum atomic E-state index is 12.4. The zero-order valence-electron chi connectivity index (χ0n) is 17.2. The third kappa shape index (κ3) is 6.48. The molecule has 2 aromatic rings. The minimum absolute atomic E-state index is 0. The molecule has 0 saturated heterocycles. The van der Waals surface area contributed by atoms with Crippen molar-refractivity contribution in [2.45, 2.75) is 45.7 Å². The highest BCUT2D eigenvalue weighted by Crippen LogP contribution is 2.42. The second-order valence-corrected chi connectivity index (χ2v) is 7.45. The molecular formula is C22H31IN4O2. The van der Waals surface area contributed by atoms with Crippen molar-refractivity contribution in [2.24, 2.45) is 10.4 Å². The van der Waals surface area contributed by atoms with Gasteiger partial charge in [-0.25, -0.2) is 0 Å². The summed E-state index contributed by atoms with van der Waals surface area (Å²) < 4.78 is 5.24. The monoisotopic (exact) mass is 510 g/mol. The van der Waals surface area contributed by atoms with E-state index in [1.165, 1.54) is 25.7 Å². The number of aliphatic imine (C=N–C) groups is 1. The average molecular weight is 510 g/mol. The number of nitrogens with one attached hydrogen (secondary N) is 3. The van der Waals surface area contributed by atoms with E-state index < -0.39 is 0 Å². The molecule has 1 aromatic carbocycles. The number of guanidine groups is 1. The molecule has 1 aliphatic rings. The van der Waals surface area contributed by atoms with Crippen LogP contribution < -0.4 is 16.0 Å². The van der Waals surface area contributed by atoms with Crippen molar-refractivity contribution in [1.82, 2.24) is 16.0 Å². The molecule has 0 radical (unpaired) electrons. The van der Waals surface area contributed by atoms with Crippen LogP contribution in [0, 0.1) is 5.41 Å². The molecule has 3 rings (SSSR count). The van der Waals surface area contributed by atoms with Gasteiger partial charge in [0.15, 0.2) is 5.96 Å². The van der Waals surface area contributed by atoms with E-state index in [4.69, 9.17) is 4.42 Å². The summed E-state index contributed by atoms with van der Waals surface area (Å²) in [6.45, 7) is 4.21. The molecule has 1 fully saturated rings. The van der Waals surface area contributed by atoms with Crippen molar-refractivity contribution < 1.29 is 9.21 Å². The van der Waals surface area contributed by atoms with E-state index >= 15 is 0 Å². The highest BCUT2D eigenvalue weighted by Gasteiger charge is 2.34. The van der Waals surface area contributed by atoms with E-state index in [0.717, 1.165) is 23.8 Å². The number of rotatable bonds is 8. The first-order valence-electron chi connectivity index (χ1n) is 9.98. The normalized spacial score (nSPS) is 15.0. The average Bonchev–Trinajstić information content (AvgIpc) is 3.21. The smallest absolute Gasteiger partial charge is 0.251 e. The van der Waals surface area contributed by atoms with Gasteiger partial charge < -0.3 is 20.4 Å². The predicted octanol–water partition coefficient (Wildman–Crippen LogP) is 4.07. The van der Waals surface area contributed by atoms with Crippen molar-refractivity contribution in [3.63, 3.8) is 0 Å². The molecule has 0 bridgehead atoms. The quantitative estimate of drug-likeness (QED) is 0.284. The summed E-state index contributed by atoms with van der Waals surface area (Å²) >= 11 is 0. The van der Waals surface area contributed by atoms with Crippen LogP contribution in [0.1, 0.15) is 54.3 Å². The molecule has 0 atom stereocenters. The fourth-order valence-corrected chi connectivity index (χ4v) is 3.51. The van der Waals surface area contributed by atoms with Gasteiger partial charge in [0.1, 0.15) is 5.76 Å². The number of furan rings is 1. The molecule has 0 spiro atoms. The molecular weight excluding hydrogens is 479 g/mol. The summed E-state index contributed by atoms with van der Waals surface area (Å²) in [6.07, 6.45) is 6.72. The summed E-state index contributed by atoms with van der Waals surface area (Å²) in [5.74, 6) is 1.42. The third-order valence-electron chi connectivity index (χ3n) is 5.67.